The van der Waals surface area contributed by atoms with Crippen molar-refractivity contribution >= 4 is 0 Å². The Morgan fingerprint density at radius 2 is 1.18 bits per heavy atom. The second-order valence-corrected chi connectivity index (χ2v) is 3.76. The molecular weight excluding hydrogens is 292 g/mol. The molecule has 0 saturated heterocycles. The number of hydrogen-bond acceptors (Lipinski definition) is 0. The summed E-state index contributed by atoms with van der Waals surface area (Å²) < 4.78 is 49.0. The van der Waals surface area contributed by atoms with Gasteiger partial charge in [-0.05, 0) is 37.1 Å². The van der Waals surface area contributed by atoms with Crippen LogP contribution in [0.3, 0.4) is 0 Å². The topological polar surface area (TPSA) is 0 Å². The second kappa shape index (κ2) is 12.9. The Bertz CT molecular complexity index is 516. The van der Waals surface area contributed by atoms with Gasteiger partial charge >= 0.3 is 0 Å². The van der Waals surface area contributed by atoms with Gasteiger partial charge < -0.3 is 0 Å². The maximum atomic E-state index is 12.4. The first kappa shape index (κ1) is 22.4. The summed E-state index contributed by atoms with van der Waals surface area (Å²) in [5, 5.41) is 0. The van der Waals surface area contributed by atoms with Crippen molar-refractivity contribution in [2.24, 2.45) is 0 Å². The molecule has 2 aromatic carbocycles. The Hall–Kier alpha value is -1.84. The highest BCUT2D eigenvalue weighted by atomic mass is 19.2. The average molecular weight is 316 g/mol. The van der Waals surface area contributed by atoms with Gasteiger partial charge in [0, 0.05) is 6.07 Å². The van der Waals surface area contributed by atoms with Crippen LogP contribution in [0.1, 0.15) is 38.8 Å². The Balaban J connectivity index is 0. The molecule has 0 heterocycles. The normalized spacial score (nSPS) is 8.45. The molecule has 0 fully saturated rings. The molecule has 0 aliphatic carbocycles. The van der Waals surface area contributed by atoms with Crippen molar-refractivity contribution in [1.82, 2.24) is 0 Å². The van der Waals surface area contributed by atoms with Crippen molar-refractivity contribution in [1.29, 1.82) is 0 Å². The molecule has 0 radical (unpaired) electrons. The number of aryl methyl sites for hydroxylation is 2. The molecule has 2 aromatic rings. The summed E-state index contributed by atoms with van der Waals surface area (Å²) in [6, 6.07) is 7.62. The quantitative estimate of drug-likeness (QED) is 0.480. The van der Waals surface area contributed by atoms with Gasteiger partial charge in [-0.1, -0.05) is 45.9 Å². The zero-order valence-corrected chi connectivity index (χ0v) is 14.0. The Kier molecular flexibility index (Phi) is 13.1. The van der Waals surface area contributed by atoms with E-state index in [0.29, 0.717) is 11.1 Å². The van der Waals surface area contributed by atoms with Crippen LogP contribution in [-0.2, 0) is 0 Å². The van der Waals surface area contributed by atoms with E-state index in [2.05, 4.69) is 0 Å². The van der Waals surface area contributed by atoms with Gasteiger partial charge in [0.2, 0.25) is 0 Å². The molecular formula is C18H24F4. The summed E-state index contributed by atoms with van der Waals surface area (Å²) in [6.07, 6.45) is 0. The average Bonchev–Trinajstić information content (AvgIpc) is 2.53. The largest absolute Gasteiger partial charge is 0.207 e. The predicted octanol–water partition coefficient (Wildman–Crippen LogP) is 6.60. The molecule has 124 valence electrons. The first-order valence-corrected chi connectivity index (χ1v) is 7.24. The molecule has 0 aliphatic heterocycles. The highest BCUT2D eigenvalue weighted by molar-refractivity contribution is 5.17. The zero-order valence-electron chi connectivity index (χ0n) is 14.0. The summed E-state index contributed by atoms with van der Waals surface area (Å²) in [5.74, 6) is -2.55. The predicted molar refractivity (Wildman–Crippen MR) is 84.9 cm³/mol. The van der Waals surface area contributed by atoms with Gasteiger partial charge in [-0.2, -0.15) is 0 Å². The molecule has 0 unspecified atom stereocenters. The Morgan fingerprint density at radius 1 is 0.636 bits per heavy atom. The van der Waals surface area contributed by atoms with Crippen LogP contribution in [0.2, 0.25) is 0 Å². The van der Waals surface area contributed by atoms with Crippen molar-refractivity contribution in [3.05, 3.63) is 70.8 Å². The lowest BCUT2D eigenvalue weighted by atomic mass is 10.2. The molecule has 0 amide bonds. The SMILES string of the molecule is CC.CC.Cc1ccc(F)cc1F.Cc1cccc(F)c1F. The fraction of sp³-hybridized carbons (Fsp3) is 0.333. The van der Waals surface area contributed by atoms with E-state index in [-0.39, 0.29) is 0 Å². The van der Waals surface area contributed by atoms with Gasteiger partial charge in [-0.25, -0.2) is 17.6 Å². The van der Waals surface area contributed by atoms with Crippen molar-refractivity contribution in [3.8, 4) is 0 Å². The van der Waals surface area contributed by atoms with Gasteiger partial charge in [-0.3, -0.25) is 0 Å². The molecule has 0 atom stereocenters. The molecule has 0 N–H and O–H groups in total. The van der Waals surface area contributed by atoms with Gasteiger partial charge in [0.05, 0.1) is 0 Å². The smallest absolute Gasteiger partial charge is 0.161 e. The van der Waals surface area contributed by atoms with Crippen molar-refractivity contribution in [2.75, 3.05) is 0 Å². The van der Waals surface area contributed by atoms with Crippen LogP contribution < -0.4 is 0 Å². The van der Waals surface area contributed by atoms with E-state index in [1.54, 1.807) is 6.92 Å². The minimum absolute atomic E-state index is 0.343. The third-order valence-corrected chi connectivity index (χ3v) is 2.28. The minimum atomic E-state index is -0.782. The minimum Gasteiger partial charge on any atom is -0.207 e. The van der Waals surface area contributed by atoms with E-state index in [0.717, 1.165) is 12.1 Å². The fourth-order valence-electron chi connectivity index (χ4n) is 1.18. The molecule has 0 saturated carbocycles. The Labute approximate surface area is 130 Å². The van der Waals surface area contributed by atoms with E-state index in [9.17, 15) is 17.6 Å². The number of benzene rings is 2. The van der Waals surface area contributed by atoms with E-state index >= 15 is 0 Å². The van der Waals surface area contributed by atoms with Crippen LogP contribution in [0.4, 0.5) is 17.6 Å². The number of rotatable bonds is 0. The highest BCUT2D eigenvalue weighted by Crippen LogP contribution is 2.08. The summed E-state index contributed by atoms with van der Waals surface area (Å²) in [6.45, 7) is 11.1. The maximum absolute atomic E-state index is 12.4. The molecule has 0 nitrogen and oxygen atoms in total. The molecule has 0 bridgehead atoms. The lowest BCUT2D eigenvalue weighted by Gasteiger charge is -1.93. The first-order valence-electron chi connectivity index (χ1n) is 7.24. The third-order valence-electron chi connectivity index (χ3n) is 2.28. The summed E-state index contributed by atoms with van der Waals surface area (Å²) in [4.78, 5) is 0. The van der Waals surface area contributed by atoms with E-state index < -0.39 is 23.3 Å². The molecule has 0 aromatic heterocycles. The second-order valence-electron chi connectivity index (χ2n) is 3.76. The van der Waals surface area contributed by atoms with Gasteiger partial charge in [0.25, 0.3) is 0 Å². The lowest BCUT2D eigenvalue weighted by molar-refractivity contribution is 0.503. The summed E-state index contributed by atoms with van der Waals surface area (Å²) in [7, 11) is 0. The van der Waals surface area contributed by atoms with E-state index in [1.807, 2.05) is 27.7 Å². The molecule has 4 heteroatoms. The van der Waals surface area contributed by atoms with Crippen LogP contribution in [0.25, 0.3) is 0 Å². The maximum Gasteiger partial charge on any atom is 0.161 e. The van der Waals surface area contributed by atoms with Crippen molar-refractivity contribution < 1.29 is 17.6 Å². The summed E-state index contributed by atoms with van der Waals surface area (Å²) in [5.41, 5.74) is 0.811. The number of hydrogen-bond donors (Lipinski definition) is 0. The van der Waals surface area contributed by atoms with Gasteiger partial charge in [0.15, 0.2) is 11.6 Å². The molecule has 2 rings (SSSR count). The van der Waals surface area contributed by atoms with E-state index in [4.69, 9.17) is 0 Å². The molecule has 22 heavy (non-hydrogen) atoms. The van der Waals surface area contributed by atoms with Crippen molar-refractivity contribution in [2.45, 2.75) is 41.5 Å². The van der Waals surface area contributed by atoms with Crippen LogP contribution >= 0.6 is 0 Å². The molecule has 0 aliphatic rings. The third kappa shape index (κ3) is 8.45. The van der Waals surface area contributed by atoms with Crippen LogP contribution in [-0.4, -0.2) is 0 Å². The van der Waals surface area contributed by atoms with Crippen molar-refractivity contribution in [3.63, 3.8) is 0 Å². The van der Waals surface area contributed by atoms with Gasteiger partial charge in [-0.15, -0.1) is 0 Å². The monoisotopic (exact) mass is 316 g/mol. The van der Waals surface area contributed by atoms with Crippen LogP contribution in [0.5, 0.6) is 0 Å². The zero-order chi connectivity index (χ0) is 17.7. The van der Waals surface area contributed by atoms with Gasteiger partial charge in [0.1, 0.15) is 11.6 Å². The van der Waals surface area contributed by atoms with E-state index in [1.165, 1.54) is 31.2 Å². The highest BCUT2D eigenvalue weighted by Gasteiger charge is 2.00. The standard InChI is InChI=1S/2C7H6F2.2C2H6/c1-5-2-3-6(8)4-7(5)9;1-5-3-2-4-6(8)7(5)9;2*1-2/h2*2-4H,1H3;2*1-2H3. The lowest BCUT2D eigenvalue weighted by Crippen LogP contribution is -1.85. The molecule has 0 spiro atoms. The van der Waals surface area contributed by atoms with Crippen LogP contribution in [0.15, 0.2) is 36.4 Å². The fourth-order valence-corrected chi connectivity index (χ4v) is 1.18. The van der Waals surface area contributed by atoms with Crippen LogP contribution in [0, 0.1) is 37.1 Å². The first-order chi connectivity index (χ1) is 10.4. The Morgan fingerprint density at radius 3 is 1.55 bits per heavy atom. The number of halogens is 4. The summed E-state index contributed by atoms with van der Waals surface area (Å²) >= 11 is 0.